The Bertz CT molecular complexity index is 849. The van der Waals surface area contributed by atoms with E-state index in [9.17, 15) is 14.4 Å². The largest absolute Gasteiger partial charge is 0.467 e. The molecule has 1 aromatic carbocycles. The molecule has 1 N–H and O–H groups in total. The molecule has 2 rings (SSSR count). The normalized spacial score (nSPS) is 13.3. The number of amides is 1. The third kappa shape index (κ3) is 4.45. The van der Waals surface area contributed by atoms with Crippen molar-refractivity contribution in [3.8, 4) is 0 Å². The van der Waals surface area contributed by atoms with Crippen LogP contribution in [0.4, 0.5) is 0 Å². The van der Waals surface area contributed by atoms with Gasteiger partial charge in [0.2, 0.25) is 5.91 Å². The van der Waals surface area contributed by atoms with E-state index >= 15 is 0 Å². The van der Waals surface area contributed by atoms with Crippen molar-refractivity contribution in [2.75, 3.05) is 7.11 Å². The Kier molecular flexibility index (Phi) is 6.30. The lowest BCUT2D eigenvalue weighted by molar-refractivity contribution is -0.146. The molecule has 0 spiro atoms. The van der Waals surface area contributed by atoms with E-state index in [4.69, 9.17) is 4.74 Å². The Morgan fingerprint density at radius 3 is 2.76 bits per heavy atom. The minimum atomic E-state index is -0.749. The molecule has 0 aliphatic carbocycles. The van der Waals surface area contributed by atoms with Crippen LogP contribution in [0.25, 0.3) is 10.9 Å². The number of nitrogens with one attached hydrogen (secondary N) is 1. The molecule has 134 valence electrons. The first-order valence-corrected chi connectivity index (χ1v) is 8.68. The van der Waals surface area contributed by atoms with Crippen molar-refractivity contribution in [3.05, 3.63) is 39.4 Å². The van der Waals surface area contributed by atoms with Gasteiger partial charge in [-0.05, 0) is 24.1 Å². The first-order chi connectivity index (χ1) is 11.9. The zero-order valence-corrected chi connectivity index (χ0v) is 15.9. The van der Waals surface area contributed by atoms with Gasteiger partial charge in [0.25, 0.3) is 5.56 Å². The monoisotopic (exact) mass is 409 g/mol. The molecule has 0 unspecified atom stereocenters. The highest BCUT2D eigenvalue weighted by Crippen LogP contribution is 2.15. The molecule has 25 heavy (non-hydrogen) atoms. The SMILES string of the molecule is CC[C@H](C)[C@@H](NC(=O)Cn1cnc2ccc(Br)cc2c1=O)C(=O)OC. The number of ether oxygens (including phenoxy) is 1. The van der Waals surface area contributed by atoms with Gasteiger partial charge in [0.15, 0.2) is 0 Å². The molecule has 0 saturated carbocycles. The van der Waals surface area contributed by atoms with Crippen LogP contribution < -0.4 is 10.9 Å². The van der Waals surface area contributed by atoms with Crippen LogP contribution in [0.5, 0.6) is 0 Å². The summed E-state index contributed by atoms with van der Waals surface area (Å²) in [6, 6.07) is 4.43. The van der Waals surface area contributed by atoms with Crippen LogP contribution >= 0.6 is 15.9 Å². The van der Waals surface area contributed by atoms with E-state index in [1.54, 1.807) is 18.2 Å². The molecule has 8 heteroatoms. The van der Waals surface area contributed by atoms with Gasteiger partial charge in [-0.15, -0.1) is 0 Å². The smallest absolute Gasteiger partial charge is 0.328 e. The summed E-state index contributed by atoms with van der Waals surface area (Å²) in [6.45, 7) is 3.55. The number of nitrogens with zero attached hydrogens (tertiary/aromatic N) is 2. The summed E-state index contributed by atoms with van der Waals surface area (Å²) in [6.07, 6.45) is 2.03. The van der Waals surface area contributed by atoms with Gasteiger partial charge in [0.1, 0.15) is 12.6 Å². The van der Waals surface area contributed by atoms with E-state index in [1.165, 1.54) is 18.0 Å². The quantitative estimate of drug-likeness (QED) is 0.735. The number of methoxy groups -OCH3 is 1. The van der Waals surface area contributed by atoms with Gasteiger partial charge >= 0.3 is 5.97 Å². The lowest BCUT2D eigenvalue weighted by Gasteiger charge is -2.22. The summed E-state index contributed by atoms with van der Waals surface area (Å²) in [5, 5.41) is 3.06. The van der Waals surface area contributed by atoms with Gasteiger partial charge < -0.3 is 10.1 Å². The average molecular weight is 410 g/mol. The van der Waals surface area contributed by atoms with Crippen molar-refractivity contribution in [3.63, 3.8) is 0 Å². The number of carbonyl (C=O) groups excluding carboxylic acids is 2. The number of halogens is 1. The van der Waals surface area contributed by atoms with Crippen LogP contribution in [0, 0.1) is 5.92 Å². The fourth-order valence-electron chi connectivity index (χ4n) is 2.41. The molecule has 0 bridgehead atoms. The maximum absolute atomic E-state index is 12.5. The Balaban J connectivity index is 2.22. The van der Waals surface area contributed by atoms with Crippen molar-refractivity contribution in [1.29, 1.82) is 0 Å². The van der Waals surface area contributed by atoms with Crippen LogP contribution in [0.1, 0.15) is 20.3 Å². The van der Waals surface area contributed by atoms with E-state index < -0.39 is 17.9 Å². The highest BCUT2D eigenvalue weighted by Gasteiger charge is 2.26. The third-order valence-corrected chi connectivity index (χ3v) is 4.58. The second-order valence-electron chi connectivity index (χ2n) is 5.79. The van der Waals surface area contributed by atoms with E-state index in [0.29, 0.717) is 17.3 Å². The zero-order chi connectivity index (χ0) is 18.6. The second kappa shape index (κ2) is 8.24. The fraction of sp³-hybridized carbons (Fsp3) is 0.412. The summed E-state index contributed by atoms with van der Waals surface area (Å²) in [5.74, 6) is -1.04. The van der Waals surface area contributed by atoms with Gasteiger partial charge in [-0.1, -0.05) is 36.2 Å². The number of rotatable bonds is 6. The molecule has 0 aliphatic rings. The Morgan fingerprint density at radius 1 is 1.40 bits per heavy atom. The van der Waals surface area contributed by atoms with Gasteiger partial charge in [-0.2, -0.15) is 0 Å². The molecule has 2 aromatic rings. The average Bonchev–Trinajstić information content (AvgIpc) is 2.61. The summed E-state index contributed by atoms with van der Waals surface area (Å²) >= 11 is 3.32. The Hall–Kier alpha value is -2.22. The molecule has 0 radical (unpaired) electrons. The standard InChI is InChI=1S/C17H20BrN3O4/c1-4-10(2)15(17(24)25-3)20-14(22)8-21-9-19-13-6-5-11(18)7-12(13)16(21)23/h5-7,9-10,15H,4,8H2,1-3H3,(H,20,22)/t10-,15+/m0/s1. The number of benzene rings is 1. The van der Waals surface area contributed by atoms with Crippen LogP contribution in [-0.4, -0.2) is 34.6 Å². The molecule has 0 saturated heterocycles. The van der Waals surface area contributed by atoms with Crippen LogP contribution in [0.3, 0.4) is 0 Å². The van der Waals surface area contributed by atoms with Crippen molar-refractivity contribution < 1.29 is 14.3 Å². The van der Waals surface area contributed by atoms with E-state index in [2.05, 4.69) is 26.2 Å². The van der Waals surface area contributed by atoms with Gasteiger partial charge in [-0.3, -0.25) is 14.2 Å². The summed E-state index contributed by atoms with van der Waals surface area (Å²) in [7, 11) is 1.28. The molecular formula is C17H20BrN3O4. The number of carbonyl (C=O) groups is 2. The molecule has 0 aliphatic heterocycles. The predicted molar refractivity (Wildman–Crippen MR) is 97.1 cm³/mol. The molecule has 0 fully saturated rings. The number of fused-ring (bicyclic) bond motifs is 1. The van der Waals surface area contributed by atoms with Crippen LogP contribution in [-0.2, 0) is 20.9 Å². The lowest BCUT2D eigenvalue weighted by atomic mass is 9.99. The number of aromatic nitrogens is 2. The number of hydrogen-bond donors (Lipinski definition) is 1. The van der Waals surface area contributed by atoms with E-state index in [0.717, 1.165) is 4.47 Å². The number of esters is 1. The summed E-state index contributed by atoms with van der Waals surface area (Å²) < 4.78 is 6.71. The molecule has 7 nitrogen and oxygen atoms in total. The zero-order valence-electron chi connectivity index (χ0n) is 14.3. The number of hydrogen-bond acceptors (Lipinski definition) is 5. The lowest BCUT2D eigenvalue weighted by Crippen LogP contribution is -2.47. The molecule has 2 atom stereocenters. The summed E-state index contributed by atoms with van der Waals surface area (Å²) in [5.41, 5.74) is 0.233. The van der Waals surface area contributed by atoms with Crippen molar-refractivity contribution in [1.82, 2.24) is 14.9 Å². The highest BCUT2D eigenvalue weighted by molar-refractivity contribution is 9.10. The maximum Gasteiger partial charge on any atom is 0.328 e. The van der Waals surface area contributed by atoms with E-state index in [1.807, 2.05) is 13.8 Å². The first kappa shape index (κ1) is 19.1. The van der Waals surface area contributed by atoms with Gasteiger partial charge in [0.05, 0.1) is 24.3 Å². The van der Waals surface area contributed by atoms with Gasteiger partial charge in [0, 0.05) is 4.47 Å². The topological polar surface area (TPSA) is 90.3 Å². The Labute approximate surface area is 153 Å². The van der Waals surface area contributed by atoms with Crippen molar-refractivity contribution >= 4 is 38.7 Å². The van der Waals surface area contributed by atoms with Crippen LogP contribution in [0.15, 0.2) is 33.8 Å². The van der Waals surface area contributed by atoms with Crippen LogP contribution in [0.2, 0.25) is 0 Å². The van der Waals surface area contributed by atoms with E-state index in [-0.39, 0.29) is 18.0 Å². The highest BCUT2D eigenvalue weighted by atomic mass is 79.9. The minimum Gasteiger partial charge on any atom is -0.467 e. The molecule has 1 amide bonds. The minimum absolute atomic E-state index is 0.0844. The first-order valence-electron chi connectivity index (χ1n) is 7.89. The van der Waals surface area contributed by atoms with Gasteiger partial charge in [-0.25, -0.2) is 9.78 Å². The Morgan fingerprint density at radius 2 is 2.12 bits per heavy atom. The maximum atomic E-state index is 12.5. The molecule has 1 heterocycles. The molecular weight excluding hydrogens is 390 g/mol. The van der Waals surface area contributed by atoms with Crippen molar-refractivity contribution in [2.45, 2.75) is 32.9 Å². The molecule has 1 aromatic heterocycles. The fourth-order valence-corrected chi connectivity index (χ4v) is 2.77. The predicted octanol–water partition coefficient (Wildman–Crippen LogP) is 1.86. The third-order valence-electron chi connectivity index (χ3n) is 4.08. The summed E-state index contributed by atoms with van der Waals surface area (Å²) in [4.78, 5) is 40.9. The second-order valence-corrected chi connectivity index (χ2v) is 6.71. The van der Waals surface area contributed by atoms with Crippen molar-refractivity contribution in [2.24, 2.45) is 5.92 Å².